The van der Waals surface area contributed by atoms with E-state index in [0.717, 1.165) is 0 Å². The first kappa shape index (κ1) is 58.9. The van der Waals surface area contributed by atoms with E-state index in [4.69, 9.17) is 21.7 Å². The number of amides is 7. The van der Waals surface area contributed by atoms with Crippen LogP contribution < -0.4 is 59.3 Å². The van der Waals surface area contributed by atoms with Gasteiger partial charge in [0.1, 0.15) is 24.2 Å². The molecular weight excluding hydrogens is 895 g/mol. The highest BCUT2D eigenvalue weighted by Crippen LogP contribution is 2.10. The van der Waals surface area contributed by atoms with Crippen molar-refractivity contribution in [3.63, 3.8) is 0 Å². The molecule has 0 aliphatic rings. The largest absolute Gasteiger partial charge is 0.379 e. The molecule has 69 heavy (non-hydrogen) atoms. The number of azide groups is 1. The highest BCUT2D eigenvalue weighted by Gasteiger charge is 2.33. The standard InChI is InChI=1S/C44H75N17O8/c1-4-15-52-41(65)36(28-39(63)50-20-18-48-16-13-45)56-44(68)37(29-40(64)51-21-19-49-17-14-46)57-43(67)35(27-32-9-6-5-7-10-32)55-42(66)34(26-31(2)3)54-38(62)12-8-11-33-30-61(60-58-33)23-25-69-24-22-53-59-47/h5-7,9-10,30-31,34-37,48-49H,4,8,11-29,45-46H2,1-3H3,(H,50,63)(H,51,64)(H,52,65)(H,54,62)(H,55,66)(H,56,68)(H,57,67)/t34-,35+,36+,37-/m1/s1. The van der Waals surface area contributed by atoms with Crippen molar-refractivity contribution in [3.8, 4) is 0 Å². The SMILES string of the molecule is CCCNC(=O)[C@H](CC(=O)NCCNCCN)NC(=O)[C@@H](CC(=O)NCCNCCN)NC(=O)[C@H](Cc1ccccc1)NC(=O)[C@@H](CC(C)C)NC(=O)CCCc1cn(CCOCCN=[N+]=[N-])nn1. The van der Waals surface area contributed by atoms with E-state index in [9.17, 15) is 33.6 Å². The molecule has 2 rings (SSSR count). The van der Waals surface area contributed by atoms with E-state index < -0.39 is 78.4 Å². The summed E-state index contributed by atoms with van der Waals surface area (Å²) in [6.07, 6.45) is 2.45. The van der Waals surface area contributed by atoms with Crippen LogP contribution in [0.2, 0.25) is 0 Å². The molecule has 7 amide bonds. The Morgan fingerprint density at radius 3 is 1.91 bits per heavy atom. The van der Waals surface area contributed by atoms with Gasteiger partial charge in [-0.15, -0.1) is 5.10 Å². The van der Waals surface area contributed by atoms with Crippen molar-refractivity contribution in [2.24, 2.45) is 22.5 Å². The number of carbonyl (C=O) groups is 7. The van der Waals surface area contributed by atoms with Crippen LogP contribution in [0, 0.1) is 5.92 Å². The molecule has 2 aromatic rings. The highest BCUT2D eigenvalue weighted by molar-refractivity contribution is 5.98. The van der Waals surface area contributed by atoms with E-state index in [1.807, 2.05) is 20.8 Å². The average molecular weight is 970 g/mol. The first-order chi connectivity index (χ1) is 33.3. The normalized spacial score (nSPS) is 12.7. The van der Waals surface area contributed by atoms with Gasteiger partial charge in [-0.2, -0.15) is 0 Å². The van der Waals surface area contributed by atoms with Crippen LogP contribution >= 0.6 is 0 Å². The van der Waals surface area contributed by atoms with Gasteiger partial charge in [0, 0.05) is 89.4 Å². The van der Waals surface area contributed by atoms with E-state index in [-0.39, 0.29) is 58.0 Å². The molecule has 1 heterocycles. The number of hydrogen-bond donors (Lipinski definition) is 11. The van der Waals surface area contributed by atoms with Gasteiger partial charge >= 0.3 is 0 Å². The molecular formula is C44H75N17O8. The van der Waals surface area contributed by atoms with E-state index in [2.05, 4.69) is 68.2 Å². The predicted molar refractivity (Wildman–Crippen MR) is 258 cm³/mol. The first-order valence-corrected chi connectivity index (χ1v) is 23.6. The van der Waals surface area contributed by atoms with Gasteiger partial charge in [-0.25, -0.2) is 4.68 Å². The second kappa shape index (κ2) is 35.8. The van der Waals surface area contributed by atoms with Crippen LogP contribution in [0.1, 0.15) is 70.6 Å². The molecule has 0 saturated carbocycles. The first-order valence-electron chi connectivity index (χ1n) is 23.6. The van der Waals surface area contributed by atoms with Crippen LogP contribution in [-0.2, 0) is 57.7 Å². The summed E-state index contributed by atoms with van der Waals surface area (Å²) in [5.74, 6) is -4.58. The molecule has 0 spiro atoms. The summed E-state index contributed by atoms with van der Waals surface area (Å²) < 4.78 is 7.01. The summed E-state index contributed by atoms with van der Waals surface area (Å²) in [4.78, 5) is 98.1. The van der Waals surface area contributed by atoms with Crippen molar-refractivity contribution >= 4 is 41.4 Å². The molecule has 0 unspecified atom stereocenters. The van der Waals surface area contributed by atoms with E-state index in [1.165, 1.54) is 0 Å². The van der Waals surface area contributed by atoms with Crippen LogP contribution in [0.3, 0.4) is 0 Å². The molecule has 0 fully saturated rings. The maximum absolute atomic E-state index is 14.4. The number of benzene rings is 1. The van der Waals surface area contributed by atoms with Gasteiger partial charge < -0.3 is 64.1 Å². The predicted octanol–water partition coefficient (Wildman–Crippen LogP) is -2.21. The van der Waals surface area contributed by atoms with Crippen molar-refractivity contribution < 1.29 is 38.3 Å². The van der Waals surface area contributed by atoms with Crippen molar-refractivity contribution in [2.75, 3.05) is 78.7 Å². The Kier molecular flexibility index (Phi) is 30.6. The smallest absolute Gasteiger partial charge is 0.243 e. The fourth-order valence-electron chi connectivity index (χ4n) is 6.59. The van der Waals surface area contributed by atoms with E-state index >= 15 is 0 Å². The number of nitrogens with zero attached hydrogens (tertiary/aromatic N) is 6. The Balaban J connectivity index is 2.28. The van der Waals surface area contributed by atoms with Gasteiger partial charge in [-0.1, -0.05) is 61.4 Å². The summed E-state index contributed by atoms with van der Waals surface area (Å²) in [5, 5.41) is 36.6. The van der Waals surface area contributed by atoms with Crippen LogP contribution in [0.5, 0.6) is 0 Å². The molecule has 25 nitrogen and oxygen atoms in total. The van der Waals surface area contributed by atoms with Gasteiger partial charge in [0.15, 0.2) is 0 Å². The Hall–Kier alpha value is -6.24. The van der Waals surface area contributed by atoms with Crippen molar-refractivity contribution in [1.29, 1.82) is 0 Å². The van der Waals surface area contributed by atoms with Crippen molar-refractivity contribution in [1.82, 2.24) is 62.8 Å². The summed E-state index contributed by atoms with van der Waals surface area (Å²) in [6.45, 7) is 10.2. The minimum absolute atomic E-state index is 0.0288. The zero-order valence-electron chi connectivity index (χ0n) is 40.3. The monoisotopic (exact) mass is 970 g/mol. The lowest BCUT2D eigenvalue weighted by atomic mass is 10.0. The molecule has 1 aromatic heterocycles. The summed E-state index contributed by atoms with van der Waals surface area (Å²) >= 11 is 0. The van der Waals surface area contributed by atoms with Crippen molar-refractivity contribution in [2.45, 2.75) is 103 Å². The summed E-state index contributed by atoms with van der Waals surface area (Å²) in [6, 6.07) is 3.57. The van der Waals surface area contributed by atoms with Gasteiger partial charge in [-0.05, 0) is 42.7 Å². The number of aromatic nitrogens is 3. The fraction of sp³-hybridized carbons (Fsp3) is 0.659. The third-order valence-electron chi connectivity index (χ3n) is 10.0. The zero-order valence-corrected chi connectivity index (χ0v) is 40.3. The second-order valence-corrected chi connectivity index (χ2v) is 16.5. The average Bonchev–Trinajstić information content (AvgIpc) is 3.78. The van der Waals surface area contributed by atoms with E-state index in [1.54, 1.807) is 41.2 Å². The Bertz CT molecular complexity index is 1900. The highest BCUT2D eigenvalue weighted by atomic mass is 16.5. The fourth-order valence-corrected chi connectivity index (χ4v) is 6.59. The second-order valence-electron chi connectivity index (χ2n) is 16.5. The lowest BCUT2D eigenvalue weighted by Crippen LogP contribution is -2.59. The molecule has 13 N–H and O–H groups in total. The molecule has 0 aliphatic heterocycles. The topological polar surface area (TPSA) is 368 Å². The number of aryl methyl sites for hydroxylation is 1. The number of rotatable bonds is 38. The van der Waals surface area contributed by atoms with Gasteiger partial charge in [-0.3, -0.25) is 33.6 Å². The minimum atomic E-state index is -1.56. The molecule has 0 aliphatic carbocycles. The van der Waals surface area contributed by atoms with Gasteiger partial charge in [0.25, 0.3) is 0 Å². The lowest BCUT2D eigenvalue weighted by Gasteiger charge is -2.27. The Morgan fingerprint density at radius 1 is 0.725 bits per heavy atom. The van der Waals surface area contributed by atoms with Crippen molar-refractivity contribution in [3.05, 3.63) is 58.2 Å². The molecule has 1 aromatic carbocycles. The number of hydrogen-bond acceptors (Lipinski definition) is 15. The van der Waals surface area contributed by atoms with E-state index in [0.29, 0.717) is 82.9 Å². The number of ether oxygens (including phenoxy) is 1. The van der Waals surface area contributed by atoms with Crippen LogP contribution in [0.4, 0.5) is 0 Å². The summed E-state index contributed by atoms with van der Waals surface area (Å²) in [5.41, 5.74) is 20.7. The lowest BCUT2D eigenvalue weighted by molar-refractivity contribution is -0.136. The van der Waals surface area contributed by atoms with Crippen LogP contribution in [0.25, 0.3) is 10.4 Å². The molecule has 0 saturated heterocycles. The third-order valence-corrected chi connectivity index (χ3v) is 10.0. The number of nitrogens with one attached hydrogen (secondary N) is 9. The molecule has 0 bridgehead atoms. The van der Waals surface area contributed by atoms with Crippen LogP contribution in [-0.4, -0.2) is 159 Å². The number of carbonyl (C=O) groups excluding carboxylic acids is 7. The molecule has 384 valence electrons. The Morgan fingerprint density at radius 2 is 1.32 bits per heavy atom. The van der Waals surface area contributed by atoms with Crippen LogP contribution in [0.15, 0.2) is 41.6 Å². The Labute approximate surface area is 403 Å². The maximum atomic E-state index is 14.4. The zero-order chi connectivity index (χ0) is 50.7. The van der Waals surface area contributed by atoms with Gasteiger partial charge in [0.05, 0.1) is 38.3 Å². The maximum Gasteiger partial charge on any atom is 0.243 e. The molecule has 25 heteroatoms. The third kappa shape index (κ3) is 26.8. The molecule has 4 atom stereocenters. The molecule has 0 radical (unpaired) electrons. The summed E-state index contributed by atoms with van der Waals surface area (Å²) in [7, 11) is 0. The number of nitrogens with two attached hydrogens (primary N) is 2. The quantitative estimate of drug-likeness (QED) is 0.0147. The van der Waals surface area contributed by atoms with Gasteiger partial charge in [0.2, 0.25) is 41.4 Å². The minimum Gasteiger partial charge on any atom is -0.379 e.